The molecule has 1 aromatic rings. The molecule has 0 spiro atoms. The number of hydrogen-bond acceptors (Lipinski definition) is 4. The average Bonchev–Trinajstić information content (AvgIpc) is 2.33. The zero-order chi connectivity index (χ0) is 15.6. The second-order valence-corrected chi connectivity index (χ2v) is 7.26. The van der Waals surface area contributed by atoms with Gasteiger partial charge in [0.2, 0.25) is 0 Å². The molecule has 1 amide bonds. The fourth-order valence-corrected chi connectivity index (χ4v) is 1.57. The number of hydrogen-bond donors (Lipinski definition) is 3. The van der Waals surface area contributed by atoms with Crippen LogP contribution in [0.15, 0.2) is 12.1 Å². The Bertz CT molecular complexity index is 484. The first-order chi connectivity index (χ1) is 9.03. The van der Waals surface area contributed by atoms with E-state index in [1.165, 1.54) is 0 Å². The number of rotatable bonds is 3. The van der Waals surface area contributed by atoms with Crippen molar-refractivity contribution in [1.82, 2.24) is 10.3 Å². The second kappa shape index (κ2) is 5.79. The first kappa shape index (κ1) is 16.4. The minimum absolute atomic E-state index is 0.0461. The Morgan fingerprint density at radius 3 is 2.25 bits per heavy atom. The van der Waals surface area contributed by atoms with Crippen LogP contribution in [0.4, 0.5) is 5.82 Å². The molecule has 1 rings (SSSR count). The van der Waals surface area contributed by atoms with Gasteiger partial charge in [0.25, 0.3) is 5.91 Å². The molecule has 0 radical (unpaired) electrons. The van der Waals surface area contributed by atoms with Crippen molar-refractivity contribution in [3.8, 4) is 0 Å². The fraction of sp³-hybridized carbons (Fsp3) is 0.600. The summed E-state index contributed by atoms with van der Waals surface area (Å²) in [6.07, 6.45) is 0. The summed E-state index contributed by atoms with van der Waals surface area (Å²) in [6, 6.07) is 3.48. The number of carbonyl (C=O) groups excluding carboxylic acids is 1. The SMILES string of the molecule is CC(C)(C)CNC(=O)c1cc(NN)nc(C(C)(C)C)c1. The van der Waals surface area contributed by atoms with E-state index in [9.17, 15) is 4.79 Å². The number of nitrogen functional groups attached to an aromatic ring is 1. The van der Waals surface area contributed by atoms with Crippen LogP contribution in [0.1, 0.15) is 57.6 Å². The van der Waals surface area contributed by atoms with E-state index in [1.54, 1.807) is 6.07 Å². The van der Waals surface area contributed by atoms with Crippen LogP contribution in [0.2, 0.25) is 0 Å². The number of pyridine rings is 1. The molecule has 5 heteroatoms. The Hall–Kier alpha value is -1.62. The molecule has 0 aliphatic rings. The lowest BCUT2D eigenvalue weighted by Gasteiger charge is -2.21. The third-order valence-electron chi connectivity index (χ3n) is 2.78. The Kier molecular flexibility index (Phi) is 4.76. The third kappa shape index (κ3) is 4.81. The quantitative estimate of drug-likeness (QED) is 0.586. The predicted octanol–water partition coefficient (Wildman–Crippen LogP) is 2.44. The van der Waals surface area contributed by atoms with Crippen LogP contribution in [-0.4, -0.2) is 17.4 Å². The predicted molar refractivity (Wildman–Crippen MR) is 82.5 cm³/mol. The number of carbonyl (C=O) groups is 1. The Morgan fingerprint density at radius 2 is 1.80 bits per heavy atom. The number of hydrazine groups is 1. The number of nitrogens with two attached hydrogens (primary N) is 1. The highest BCUT2D eigenvalue weighted by molar-refractivity contribution is 5.95. The Morgan fingerprint density at radius 1 is 1.20 bits per heavy atom. The van der Waals surface area contributed by atoms with Crippen molar-refractivity contribution in [2.24, 2.45) is 11.3 Å². The highest BCUT2D eigenvalue weighted by Crippen LogP contribution is 2.23. The van der Waals surface area contributed by atoms with Crippen molar-refractivity contribution in [3.63, 3.8) is 0 Å². The fourth-order valence-electron chi connectivity index (χ4n) is 1.57. The Labute approximate surface area is 121 Å². The number of nitrogens with one attached hydrogen (secondary N) is 2. The summed E-state index contributed by atoms with van der Waals surface area (Å²) in [5, 5.41) is 2.93. The summed E-state index contributed by atoms with van der Waals surface area (Å²) < 4.78 is 0. The molecule has 0 aliphatic heterocycles. The summed E-state index contributed by atoms with van der Waals surface area (Å²) in [5.41, 5.74) is 3.81. The molecule has 1 heterocycles. The van der Waals surface area contributed by atoms with Gasteiger partial charge in [0, 0.05) is 23.2 Å². The zero-order valence-corrected chi connectivity index (χ0v) is 13.3. The number of anilines is 1. The van der Waals surface area contributed by atoms with Crippen molar-refractivity contribution >= 4 is 11.7 Å². The molecule has 0 saturated heterocycles. The van der Waals surface area contributed by atoms with Gasteiger partial charge in [-0.05, 0) is 17.5 Å². The third-order valence-corrected chi connectivity index (χ3v) is 2.78. The lowest BCUT2D eigenvalue weighted by atomic mass is 9.90. The van der Waals surface area contributed by atoms with Crippen LogP contribution in [0.5, 0.6) is 0 Å². The molecule has 20 heavy (non-hydrogen) atoms. The molecule has 0 saturated carbocycles. The maximum atomic E-state index is 12.2. The van der Waals surface area contributed by atoms with Gasteiger partial charge in [-0.3, -0.25) is 4.79 Å². The molecule has 1 aromatic heterocycles. The second-order valence-electron chi connectivity index (χ2n) is 7.26. The summed E-state index contributed by atoms with van der Waals surface area (Å²) in [5.74, 6) is 5.82. The normalized spacial score (nSPS) is 12.2. The monoisotopic (exact) mass is 278 g/mol. The van der Waals surface area contributed by atoms with E-state index < -0.39 is 0 Å². The molecule has 0 fully saturated rings. The zero-order valence-electron chi connectivity index (χ0n) is 13.3. The van der Waals surface area contributed by atoms with Crippen molar-refractivity contribution in [1.29, 1.82) is 0 Å². The number of nitrogens with zero attached hydrogens (tertiary/aromatic N) is 1. The molecule has 112 valence electrons. The summed E-state index contributed by atoms with van der Waals surface area (Å²) >= 11 is 0. The van der Waals surface area contributed by atoms with Gasteiger partial charge in [-0.2, -0.15) is 0 Å². The van der Waals surface area contributed by atoms with Gasteiger partial charge in [0.05, 0.1) is 0 Å². The van der Waals surface area contributed by atoms with Crippen LogP contribution < -0.4 is 16.6 Å². The highest BCUT2D eigenvalue weighted by atomic mass is 16.1. The smallest absolute Gasteiger partial charge is 0.251 e. The minimum Gasteiger partial charge on any atom is -0.352 e. The van der Waals surface area contributed by atoms with Gasteiger partial charge in [-0.1, -0.05) is 41.5 Å². The van der Waals surface area contributed by atoms with Crippen molar-refractivity contribution in [2.45, 2.75) is 47.0 Å². The average molecular weight is 278 g/mol. The molecule has 0 atom stereocenters. The summed E-state index contributed by atoms with van der Waals surface area (Å²) in [4.78, 5) is 16.6. The highest BCUT2D eigenvalue weighted by Gasteiger charge is 2.20. The van der Waals surface area contributed by atoms with Crippen molar-refractivity contribution in [3.05, 3.63) is 23.4 Å². The van der Waals surface area contributed by atoms with Gasteiger partial charge in [0.1, 0.15) is 5.82 Å². The summed E-state index contributed by atoms with van der Waals surface area (Å²) in [7, 11) is 0. The maximum absolute atomic E-state index is 12.2. The van der Waals surface area contributed by atoms with E-state index in [0.717, 1.165) is 5.69 Å². The number of amides is 1. The standard InChI is InChI=1S/C15H26N4O/c1-14(2,3)9-17-13(20)10-7-11(15(4,5)6)18-12(8-10)19-16/h7-8H,9,16H2,1-6H3,(H,17,20)(H,18,19). The number of aromatic nitrogens is 1. The lowest BCUT2D eigenvalue weighted by Crippen LogP contribution is -2.32. The first-order valence-electron chi connectivity index (χ1n) is 6.80. The van der Waals surface area contributed by atoms with Crippen LogP contribution in [-0.2, 0) is 5.41 Å². The molecule has 4 N–H and O–H groups in total. The molecule has 0 bridgehead atoms. The van der Waals surface area contributed by atoms with Crippen LogP contribution in [0.25, 0.3) is 0 Å². The maximum Gasteiger partial charge on any atom is 0.251 e. The molecular weight excluding hydrogens is 252 g/mol. The van der Waals surface area contributed by atoms with Crippen LogP contribution in [0.3, 0.4) is 0 Å². The van der Waals surface area contributed by atoms with Crippen molar-refractivity contribution in [2.75, 3.05) is 12.0 Å². The van der Waals surface area contributed by atoms with Gasteiger partial charge < -0.3 is 10.7 Å². The van der Waals surface area contributed by atoms with Crippen LogP contribution in [0, 0.1) is 5.41 Å². The molecule has 0 aliphatic carbocycles. The minimum atomic E-state index is -0.147. The van der Waals surface area contributed by atoms with Gasteiger partial charge in [-0.15, -0.1) is 0 Å². The molecule has 0 aromatic carbocycles. The van der Waals surface area contributed by atoms with Crippen LogP contribution >= 0.6 is 0 Å². The lowest BCUT2D eigenvalue weighted by molar-refractivity contribution is 0.0939. The van der Waals surface area contributed by atoms with Gasteiger partial charge in [0.15, 0.2) is 0 Å². The van der Waals surface area contributed by atoms with E-state index in [1.807, 2.05) is 26.8 Å². The van der Waals surface area contributed by atoms with Crippen molar-refractivity contribution < 1.29 is 4.79 Å². The van der Waals surface area contributed by atoms with Gasteiger partial charge >= 0.3 is 0 Å². The van der Waals surface area contributed by atoms with Gasteiger partial charge in [-0.25, -0.2) is 10.8 Å². The largest absolute Gasteiger partial charge is 0.352 e. The van der Waals surface area contributed by atoms with E-state index in [0.29, 0.717) is 17.9 Å². The Balaban J connectivity index is 3.02. The topological polar surface area (TPSA) is 80.0 Å². The van der Waals surface area contributed by atoms with E-state index in [-0.39, 0.29) is 16.7 Å². The molecular formula is C15H26N4O. The van der Waals surface area contributed by atoms with E-state index in [2.05, 4.69) is 36.5 Å². The summed E-state index contributed by atoms with van der Waals surface area (Å²) in [6.45, 7) is 13.0. The first-order valence-corrected chi connectivity index (χ1v) is 6.80. The van der Waals surface area contributed by atoms with E-state index >= 15 is 0 Å². The molecule has 0 unspecified atom stereocenters. The van der Waals surface area contributed by atoms with E-state index in [4.69, 9.17) is 5.84 Å². The molecule has 5 nitrogen and oxygen atoms in total.